The Bertz CT molecular complexity index is 542. The molecule has 2 N–H and O–H groups in total. The number of hydrogen-bond acceptors (Lipinski definition) is 3. The van der Waals surface area contributed by atoms with Crippen LogP contribution in [0.15, 0.2) is 24.3 Å². The number of nitrogens with zero attached hydrogens (tertiary/aromatic N) is 1. The number of benzene rings is 1. The molecule has 1 saturated heterocycles. The predicted octanol–water partition coefficient (Wildman–Crippen LogP) is 1.76. The minimum absolute atomic E-state index is 0.0156. The summed E-state index contributed by atoms with van der Waals surface area (Å²) in [5, 5.41) is 12.9. The van der Waals surface area contributed by atoms with E-state index in [4.69, 9.17) is 11.6 Å². The van der Waals surface area contributed by atoms with E-state index >= 15 is 0 Å². The zero-order chi connectivity index (χ0) is 16.7. The van der Waals surface area contributed by atoms with Crippen LogP contribution >= 0.6 is 11.6 Å². The second kappa shape index (κ2) is 8.89. The van der Waals surface area contributed by atoms with Gasteiger partial charge in [-0.05, 0) is 30.9 Å². The Morgan fingerprint density at radius 3 is 2.61 bits per heavy atom. The van der Waals surface area contributed by atoms with Gasteiger partial charge in [-0.25, -0.2) is 0 Å². The summed E-state index contributed by atoms with van der Waals surface area (Å²) in [5.74, 6) is -0.138. The van der Waals surface area contributed by atoms with Gasteiger partial charge in [-0.15, -0.1) is 0 Å². The van der Waals surface area contributed by atoms with E-state index in [0.29, 0.717) is 43.9 Å². The largest absolute Gasteiger partial charge is 0.393 e. The molecule has 2 rings (SSSR count). The topological polar surface area (TPSA) is 69.6 Å². The lowest BCUT2D eigenvalue weighted by atomic mass is 10.1. The molecule has 1 aromatic rings. The Labute approximate surface area is 141 Å². The molecule has 0 unspecified atom stereocenters. The molecule has 126 valence electrons. The summed E-state index contributed by atoms with van der Waals surface area (Å²) in [4.78, 5) is 25.5. The van der Waals surface area contributed by atoms with Gasteiger partial charge in [0.1, 0.15) is 0 Å². The van der Waals surface area contributed by atoms with Crippen molar-refractivity contribution in [1.82, 2.24) is 10.2 Å². The van der Waals surface area contributed by atoms with Gasteiger partial charge in [-0.2, -0.15) is 0 Å². The number of aliphatic hydroxyl groups is 1. The molecular formula is C17H23ClN2O3. The third-order valence-corrected chi connectivity index (χ3v) is 4.43. The van der Waals surface area contributed by atoms with Gasteiger partial charge in [0, 0.05) is 37.5 Å². The molecule has 23 heavy (non-hydrogen) atoms. The number of aliphatic hydroxyl groups excluding tert-OH is 1. The molecule has 5 nitrogen and oxygen atoms in total. The van der Waals surface area contributed by atoms with Gasteiger partial charge in [0.25, 0.3) is 0 Å². The molecular weight excluding hydrogens is 316 g/mol. The lowest BCUT2D eigenvalue weighted by Crippen LogP contribution is -2.40. The van der Waals surface area contributed by atoms with Gasteiger partial charge in [-0.1, -0.05) is 29.8 Å². The van der Waals surface area contributed by atoms with E-state index in [9.17, 15) is 14.7 Å². The van der Waals surface area contributed by atoms with Gasteiger partial charge in [0.15, 0.2) is 0 Å². The number of piperidine rings is 1. The molecule has 1 fully saturated rings. The Kier molecular flexibility index (Phi) is 6.86. The van der Waals surface area contributed by atoms with Crippen LogP contribution in [0.1, 0.15) is 31.2 Å². The highest BCUT2D eigenvalue weighted by Gasteiger charge is 2.21. The molecule has 0 aromatic heterocycles. The van der Waals surface area contributed by atoms with Crippen molar-refractivity contribution in [1.29, 1.82) is 0 Å². The Balaban J connectivity index is 1.63. The average Bonchev–Trinajstić information content (AvgIpc) is 2.55. The molecule has 1 heterocycles. The van der Waals surface area contributed by atoms with Crippen LogP contribution in [0.3, 0.4) is 0 Å². The van der Waals surface area contributed by atoms with Crippen LogP contribution in [-0.2, 0) is 16.0 Å². The number of carbonyl (C=O) groups is 2. The molecule has 2 amide bonds. The SMILES string of the molecule is O=C(CCC(=O)N1CCC(O)CC1)NCCc1ccccc1Cl. The normalized spacial score (nSPS) is 15.5. The number of hydrogen-bond donors (Lipinski definition) is 2. The maximum absolute atomic E-state index is 12.0. The van der Waals surface area contributed by atoms with E-state index in [1.165, 1.54) is 0 Å². The fraction of sp³-hybridized carbons (Fsp3) is 0.529. The van der Waals surface area contributed by atoms with Gasteiger partial charge in [-0.3, -0.25) is 9.59 Å². The molecule has 0 saturated carbocycles. The van der Waals surface area contributed by atoms with Crippen molar-refractivity contribution >= 4 is 23.4 Å². The Morgan fingerprint density at radius 1 is 1.22 bits per heavy atom. The van der Waals surface area contributed by atoms with Gasteiger partial charge in [0.05, 0.1) is 6.10 Å². The molecule has 6 heteroatoms. The lowest BCUT2D eigenvalue weighted by molar-refractivity contribution is -0.135. The summed E-state index contributed by atoms with van der Waals surface area (Å²) < 4.78 is 0. The molecule has 0 atom stereocenters. The second-order valence-corrected chi connectivity index (χ2v) is 6.21. The monoisotopic (exact) mass is 338 g/mol. The summed E-state index contributed by atoms with van der Waals surface area (Å²) in [6, 6.07) is 7.54. The van der Waals surface area contributed by atoms with Crippen molar-refractivity contribution in [2.24, 2.45) is 0 Å². The van der Waals surface area contributed by atoms with Crippen LogP contribution in [0.2, 0.25) is 5.02 Å². The second-order valence-electron chi connectivity index (χ2n) is 5.80. The smallest absolute Gasteiger partial charge is 0.223 e. The van der Waals surface area contributed by atoms with E-state index < -0.39 is 0 Å². The van der Waals surface area contributed by atoms with Crippen molar-refractivity contribution in [2.75, 3.05) is 19.6 Å². The summed E-state index contributed by atoms with van der Waals surface area (Å²) in [6.07, 6.45) is 2.02. The van der Waals surface area contributed by atoms with Crippen LogP contribution in [0, 0.1) is 0 Å². The van der Waals surface area contributed by atoms with Gasteiger partial charge < -0.3 is 15.3 Å². The van der Waals surface area contributed by atoms with Crippen molar-refractivity contribution in [3.8, 4) is 0 Å². The third kappa shape index (κ3) is 5.84. The van der Waals surface area contributed by atoms with Crippen molar-refractivity contribution in [3.63, 3.8) is 0 Å². The summed E-state index contributed by atoms with van der Waals surface area (Å²) in [5.41, 5.74) is 0.998. The van der Waals surface area contributed by atoms with Crippen molar-refractivity contribution in [2.45, 2.75) is 38.2 Å². The zero-order valence-corrected chi connectivity index (χ0v) is 13.9. The minimum Gasteiger partial charge on any atom is -0.393 e. The molecule has 1 aliphatic rings. The van der Waals surface area contributed by atoms with E-state index in [-0.39, 0.29) is 30.8 Å². The van der Waals surface area contributed by atoms with E-state index in [1.54, 1.807) is 4.90 Å². The number of rotatable bonds is 6. The zero-order valence-electron chi connectivity index (χ0n) is 13.1. The number of carbonyl (C=O) groups excluding carboxylic acids is 2. The maximum atomic E-state index is 12.0. The molecule has 0 radical (unpaired) electrons. The molecule has 0 aliphatic carbocycles. The van der Waals surface area contributed by atoms with Crippen LogP contribution in [0.25, 0.3) is 0 Å². The molecule has 0 spiro atoms. The quantitative estimate of drug-likeness (QED) is 0.830. The number of likely N-dealkylation sites (tertiary alicyclic amines) is 1. The molecule has 0 bridgehead atoms. The van der Waals surface area contributed by atoms with Crippen LogP contribution in [0.5, 0.6) is 0 Å². The molecule has 1 aliphatic heterocycles. The summed E-state index contributed by atoms with van der Waals surface area (Å²) >= 11 is 6.06. The van der Waals surface area contributed by atoms with Gasteiger partial charge >= 0.3 is 0 Å². The first-order valence-corrected chi connectivity index (χ1v) is 8.40. The highest BCUT2D eigenvalue weighted by atomic mass is 35.5. The fourth-order valence-corrected chi connectivity index (χ4v) is 2.85. The molecule has 1 aromatic carbocycles. The maximum Gasteiger partial charge on any atom is 0.223 e. The lowest BCUT2D eigenvalue weighted by Gasteiger charge is -2.29. The van der Waals surface area contributed by atoms with Crippen LogP contribution in [-0.4, -0.2) is 47.6 Å². The summed E-state index contributed by atoms with van der Waals surface area (Å²) in [7, 11) is 0. The standard InChI is InChI=1S/C17H23ClN2O3/c18-15-4-2-1-3-13(15)7-10-19-16(22)5-6-17(23)20-11-8-14(21)9-12-20/h1-4,14,21H,5-12H2,(H,19,22). The first-order chi connectivity index (χ1) is 11.1. The van der Waals surface area contributed by atoms with Crippen LogP contribution < -0.4 is 5.32 Å². The fourth-order valence-electron chi connectivity index (χ4n) is 2.62. The number of halogens is 1. The average molecular weight is 339 g/mol. The predicted molar refractivity (Wildman–Crippen MR) is 89.2 cm³/mol. The summed E-state index contributed by atoms with van der Waals surface area (Å²) in [6.45, 7) is 1.66. The van der Waals surface area contributed by atoms with E-state index in [0.717, 1.165) is 5.56 Å². The Hall–Kier alpha value is -1.59. The van der Waals surface area contributed by atoms with E-state index in [1.807, 2.05) is 24.3 Å². The Morgan fingerprint density at radius 2 is 1.91 bits per heavy atom. The minimum atomic E-state index is -0.299. The van der Waals surface area contributed by atoms with E-state index in [2.05, 4.69) is 5.32 Å². The van der Waals surface area contributed by atoms with Gasteiger partial charge in [0.2, 0.25) is 11.8 Å². The van der Waals surface area contributed by atoms with Crippen molar-refractivity contribution < 1.29 is 14.7 Å². The first-order valence-electron chi connectivity index (χ1n) is 8.02. The first kappa shape index (κ1) is 17.8. The van der Waals surface area contributed by atoms with Crippen molar-refractivity contribution in [3.05, 3.63) is 34.9 Å². The van der Waals surface area contributed by atoms with Crippen LogP contribution in [0.4, 0.5) is 0 Å². The number of amides is 2. The third-order valence-electron chi connectivity index (χ3n) is 4.06. The number of nitrogens with one attached hydrogen (secondary N) is 1. The highest BCUT2D eigenvalue weighted by Crippen LogP contribution is 2.15. The highest BCUT2D eigenvalue weighted by molar-refractivity contribution is 6.31.